The van der Waals surface area contributed by atoms with E-state index >= 15 is 0 Å². The van der Waals surface area contributed by atoms with Crippen molar-refractivity contribution in [2.24, 2.45) is 17.3 Å². The third kappa shape index (κ3) is 12.4. The molecule has 336 valence electrons. The van der Waals surface area contributed by atoms with E-state index in [0.717, 1.165) is 35.0 Å². The summed E-state index contributed by atoms with van der Waals surface area (Å²) in [5.74, 6) is -2.35. The molecule has 0 aliphatic heterocycles. The van der Waals surface area contributed by atoms with Crippen LogP contribution in [0.5, 0.6) is 23.0 Å². The van der Waals surface area contributed by atoms with Crippen molar-refractivity contribution in [2.45, 2.75) is 139 Å². The molecule has 2 aromatic rings. The van der Waals surface area contributed by atoms with Crippen molar-refractivity contribution in [2.75, 3.05) is 0 Å². The van der Waals surface area contributed by atoms with Crippen LogP contribution in [0, 0.1) is 17.3 Å². The van der Waals surface area contributed by atoms with Gasteiger partial charge in [-0.05, 0) is 140 Å². The zero-order valence-electron chi connectivity index (χ0n) is 38.3. The van der Waals surface area contributed by atoms with Crippen molar-refractivity contribution >= 4 is 36.1 Å². The molecule has 0 N–H and O–H groups in total. The number of allylic oxidation sites excluding steroid dienone is 8. The van der Waals surface area contributed by atoms with E-state index in [1.807, 2.05) is 20.8 Å². The molecule has 4 aliphatic carbocycles. The van der Waals surface area contributed by atoms with Gasteiger partial charge in [0.1, 0.15) is 35.4 Å². The average molecular weight is 863 g/mol. The normalized spacial score (nSPS) is 24.6. The maximum Gasteiger partial charge on any atom is 0.308 e. The molecule has 5 atom stereocenters. The smallest absolute Gasteiger partial charge is 0.308 e. The Balaban J connectivity index is 1.77. The summed E-state index contributed by atoms with van der Waals surface area (Å²) in [5, 5.41) is 0. The van der Waals surface area contributed by atoms with Gasteiger partial charge in [-0.25, -0.2) is 0 Å². The van der Waals surface area contributed by atoms with E-state index in [9.17, 15) is 28.8 Å². The molecule has 6 rings (SSSR count). The minimum Gasteiger partial charge on any atom is -0.453 e. The maximum absolute atomic E-state index is 14.2. The molecular weight excluding hydrogens is 801 g/mol. The molecule has 0 heterocycles. The Hall–Kier alpha value is -5.84. The minimum absolute atomic E-state index is 0.165. The molecule has 6 bridgehead atoms. The molecule has 0 amide bonds. The van der Waals surface area contributed by atoms with Gasteiger partial charge in [0.15, 0.2) is 0 Å². The van der Waals surface area contributed by atoms with Gasteiger partial charge in [-0.1, -0.05) is 52.7 Å². The largest absolute Gasteiger partial charge is 0.453 e. The van der Waals surface area contributed by atoms with Crippen molar-refractivity contribution in [3.8, 4) is 23.0 Å². The molecule has 0 aromatic heterocycles. The summed E-state index contributed by atoms with van der Waals surface area (Å²) in [6, 6.07) is 6.79. The molecule has 4 aliphatic rings. The summed E-state index contributed by atoms with van der Waals surface area (Å²) in [5.41, 5.74) is 6.35. The third-order valence-electron chi connectivity index (χ3n) is 12.3. The number of hydrogen-bond donors (Lipinski definition) is 0. The van der Waals surface area contributed by atoms with Crippen molar-refractivity contribution < 1.29 is 52.5 Å². The highest BCUT2D eigenvalue weighted by molar-refractivity contribution is 5.74. The number of aldehydes is 1. The molecule has 2 aromatic carbocycles. The van der Waals surface area contributed by atoms with Crippen LogP contribution in [-0.4, -0.2) is 36.1 Å². The highest BCUT2D eigenvalue weighted by Crippen LogP contribution is 2.53. The second-order valence-electron chi connectivity index (χ2n) is 17.7. The Morgan fingerprint density at radius 2 is 1.33 bits per heavy atom. The van der Waals surface area contributed by atoms with E-state index < -0.39 is 41.4 Å². The third-order valence-corrected chi connectivity index (χ3v) is 12.3. The molecule has 0 saturated heterocycles. The Kier molecular flexibility index (Phi) is 16.1. The second kappa shape index (κ2) is 21.0. The SMILES string of the molecule is C=C(C)[C@@H]1CCC(C)=CCC[C@@]2(C=O)[C@@H](CC3=C[C@@H]2C/C(C)=C\[C@@H](OC(C)=O)c2cc(OC(C)=O)c(cc2OC(C)=O)C/C(C)=C/CC3)Cc2cc(OC(C)=O)cc1c2OC(C)=O. The summed E-state index contributed by atoms with van der Waals surface area (Å²) in [7, 11) is 0. The van der Waals surface area contributed by atoms with Crippen LogP contribution in [0.1, 0.15) is 148 Å². The molecular formula is C52H62O11. The van der Waals surface area contributed by atoms with Gasteiger partial charge in [-0.15, -0.1) is 0 Å². The van der Waals surface area contributed by atoms with E-state index in [2.05, 4.69) is 31.7 Å². The number of carbonyl (C=O) groups excluding carboxylic acids is 6. The van der Waals surface area contributed by atoms with Gasteiger partial charge in [0, 0.05) is 62.6 Å². The fourth-order valence-corrected chi connectivity index (χ4v) is 9.60. The molecule has 63 heavy (non-hydrogen) atoms. The van der Waals surface area contributed by atoms with Crippen molar-refractivity contribution in [1.29, 1.82) is 0 Å². The van der Waals surface area contributed by atoms with Gasteiger partial charge in [0.2, 0.25) is 0 Å². The first-order valence-electron chi connectivity index (χ1n) is 21.8. The molecule has 0 radical (unpaired) electrons. The Morgan fingerprint density at radius 3 is 1.97 bits per heavy atom. The highest BCUT2D eigenvalue weighted by Gasteiger charge is 2.47. The average Bonchev–Trinajstić information content (AvgIpc) is 3.16. The highest BCUT2D eigenvalue weighted by atomic mass is 16.6. The number of carbonyl (C=O) groups is 6. The maximum atomic E-state index is 14.2. The van der Waals surface area contributed by atoms with E-state index in [0.29, 0.717) is 91.5 Å². The number of benzene rings is 2. The lowest BCUT2D eigenvalue weighted by molar-refractivity contribution is -0.144. The first-order valence-corrected chi connectivity index (χ1v) is 21.8. The fourth-order valence-electron chi connectivity index (χ4n) is 9.60. The molecule has 0 spiro atoms. The minimum atomic E-state index is -1.06. The van der Waals surface area contributed by atoms with Gasteiger partial charge in [0.05, 0.1) is 0 Å². The number of fused-ring (bicyclic) bond motifs is 10. The topological polar surface area (TPSA) is 149 Å². The quantitative estimate of drug-likeness (QED) is 0.113. The van der Waals surface area contributed by atoms with Crippen LogP contribution in [0.25, 0.3) is 0 Å². The summed E-state index contributed by atoms with van der Waals surface area (Å²) in [6.07, 6.45) is 14.1. The van der Waals surface area contributed by atoms with E-state index in [1.165, 1.54) is 40.2 Å². The predicted octanol–water partition coefficient (Wildman–Crippen LogP) is 10.8. The summed E-state index contributed by atoms with van der Waals surface area (Å²) < 4.78 is 29.2. The molecule has 0 unspecified atom stereocenters. The van der Waals surface area contributed by atoms with Gasteiger partial charge >= 0.3 is 29.8 Å². The lowest BCUT2D eigenvalue weighted by atomic mass is 9.56. The fraction of sp³-hybridized carbons (Fsp3) is 0.462. The Labute approximate surface area is 371 Å². The number of rotatable bonds is 7. The zero-order chi connectivity index (χ0) is 46.2. The lowest BCUT2D eigenvalue weighted by Gasteiger charge is -2.46. The number of esters is 5. The lowest BCUT2D eigenvalue weighted by Crippen LogP contribution is -2.43. The zero-order valence-corrected chi connectivity index (χ0v) is 38.3. The summed E-state index contributed by atoms with van der Waals surface area (Å²) >= 11 is 0. The summed E-state index contributed by atoms with van der Waals surface area (Å²) in [4.78, 5) is 77.1. The van der Waals surface area contributed by atoms with E-state index in [1.54, 1.807) is 30.3 Å². The van der Waals surface area contributed by atoms with Crippen LogP contribution in [0.4, 0.5) is 0 Å². The first kappa shape index (κ1) is 48.2. The van der Waals surface area contributed by atoms with Crippen LogP contribution < -0.4 is 18.9 Å². The standard InChI is InChI=1S/C52H62O11/c1-30(2)45-17-16-31(3)14-12-18-52(29-53)42-20-33(5)21-49(61-36(8)56)47-28-48(60-35(7)55)40(26-50(47)62-37(9)57)19-32(4)13-11-15-39(22-42)23-43(52)24-41-25-44(59-34(6)54)27-46(45)51(41)63-38(10)58/h13-14,21-22,25-29,42-43,45,49H,1,11-12,15-20,23-24H2,2-10H3/b31-14?,32-13+,33-21-/t42-,43-,45-,49+,52-/m0/s1. The summed E-state index contributed by atoms with van der Waals surface area (Å²) in [6.45, 7) is 18.9. The van der Waals surface area contributed by atoms with Crippen LogP contribution in [0.3, 0.4) is 0 Å². The molecule has 11 nitrogen and oxygen atoms in total. The van der Waals surface area contributed by atoms with Crippen LogP contribution in [-0.2, 0) is 46.3 Å². The van der Waals surface area contributed by atoms with Crippen LogP contribution in [0.2, 0.25) is 0 Å². The second-order valence-corrected chi connectivity index (χ2v) is 17.7. The van der Waals surface area contributed by atoms with Gasteiger partial charge in [-0.2, -0.15) is 0 Å². The van der Waals surface area contributed by atoms with Crippen molar-refractivity contribution in [1.82, 2.24) is 0 Å². The van der Waals surface area contributed by atoms with E-state index in [-0.39, 0.29) is 29.3 Å². The monoisotopic (exact) mass is 862 g/mol. The Morgan fingerprint density at radius 1 is 0.667 bits per heavy atom. The van der Waals surface area contributed by atoms with Gasteiger partial charge < -0.3 is 28.5 Å². The van der Waals surface area contributed by atoms with Crippen LogP contribution in [0.15, 0.2) is 83.0 Å². The number of hydrogen-bond acceptors (Lipinski definition) is 11. The molecule has 11 heteroatoms. The molecule has 0 fully saturated rings. The first-order chi connectivity index (χ1) is 29.8. The van der Waals surface area contributed by atoms with Crippen molar-refractivity contribution in [3.63, 3.8) is 0 Å². The number of ether oxygens (including phenoxy) is 5. The van der Waals surface area contributed by atoms with Gasteiger partial charge in [0.25, 0.3) is 0 Å². The van der Waals surface area contributed by atoms with E-state index in [4.69, 9.17) is 23.7 Å². The predicted molar refractivity (Wildman–Crippen MR) is 239 cm³/mol. The molecule has 0 saturated carbocycles. The Bertz CT molecular complexity index is 2290. The van der Waals surface area contributed by atoms with Gasteiger partial charge in [-0.3, -0.25) is 24.0 Å². The van der Waals surface area contributed by atoms with Crippen molar-refractivity contribution in [3.05, 3.63) is 105 Å². The van der Waals surface area contributed by atoms with Crippen LogP contribution >= 0.6 is 0 Å².